The predicted octanol–water partition coefficient (Wildman–Crippen LogP) is 2.54. The van der Waals surface area contributed by atoms with E-state index < -0.39 is 0 Å². The molecule has 0 spiro atoms. The first-order valence-corrected chi connectivity index (χ1v) is 5.73. The Morgan fingerprint density at radius 1 is 1.29 bits per heavy atom. The fourth-order valence-electron chi connectivity index (χ4n) is 1.78. The van der Waals surface area contributed by atoms with E-state index in [4.69, 9.17) is 4.52 Å². The SMILES string of the molecule is Cc1noc(C)c1CNC(C)c1ccncc1. The lowest BCUT2D eigenvalue weighted by Crippen LogP contribution is -2.18. The molecule has 1 N–H and O–H groups in total. The van der Waals surface area contributed by atoms with Crippen molar-refractivity contribution in [3.05, 3.63) is 47.1 Å². The number of nitrogens with one attached hydrogen (secondary N) is 1. The summed E-state index contributed by atoms with van der Waals surface area (Å²) in [6.45, 7) is 6.80. The van der Waals surface area contributed by atoms with E-state index in [2.05, 4.69) is 22.4 Å². The van der Waals surface area contributed by atoms with Crippen LogP contribution >= 0.6 is 0 Å². The molecule has 0 aliphatic heterocycles. The van der Waals surface area contributed by atoms with Gasteiger partial charge in [0.1, 0.15) is 5.76 Å². The van der Waals surface area contributed by atoms with Crippen LogP contribution in [0.15, 0.2) is 29.0 Å². The number of aromatic nitrogens is 2. The highest BCUT2D eigenvalue weighted by Gasteiger charge is 2.10. The quantitative estimate of drug-likeness (QED) is 0.878. The molecule has 2 heterocycles. The molecule has 0 aliphatic rings. The van der Waals surface area contributed by atoms with Gasteiger partial charge in [0.2, 0.25) is 0 Å². The van der Waals surface area contributed by atoms with Crippen LogP contribution in [0.1, 0.15) is 35.5 Å². The van der Waals surface area contributed by atoms with Crippen molar-refractivity contribution in [2.45, 2.75) is 33.4 Å². The second-order valence-corrected chi connectivity index (χ2v) is 4.19. The molecule has 90 valence electrons. The zero-order valence-electron chi connectivity index (χ0n) is 10.4. The summed E-state index contributed by atoms with van der Waals surface area (Å²) in [6, 6.07) is 4.32. The van der Waals surface area contributed by atoms with E-state index in [1.54, 1.807) is 0 Å². The fourth-order valence-corrected chi connectivity index (χ4v) is 1.78. The van der Waals surface area contributed by atoms with E-state index in [0.29, 0.717) is 0 Å². The van der Waals surface area contributed by atoms with E-state index in [9.17, 15) is 0 Å². The van der Waals surface area contributed by atoms with Crippen molar-refractivity contribution in [2.24, 2.45) is 0 Å². The number of nitrogens with zero attached hydrogens (tertiary/aromatic N) is 2. The van der Waals surface area contributed by atoms with Gasteiger partial charge in [0.25, 0.3) is 0 Å². The average Bonchev–Trinajstić information content (AvgIpc) is 2.67. The minimum atomic E-state index is 0.284. The minimum Gasteiger partial charge on any atom is -0.361 e. The van der Waals surface area contributed by atoms with Crippen LogP contribution < -0.4 is 5.32 Å². The zero-order valence-corrected chi connectivity index (χ0v) is 10.4. The van der Waals surface area contributed by atoms with Gasteiger partial charge in [-0.3, -0.25) is 4.98 Å². The highest BCUT2D eigenvalue weighted by Crippen LogP contribution is 2.15. The molecule has 2 aromatic rings. The molecule has 0 bridgehead atoms. The van der Waals surface area contributed by atoms with Crippen molar-refractivity contribution in [1.29, 1.82) is 0 Å². The van der Waals surface area contributed by atoms with Crippen molar-refractivity contribution < 1.29 is 4.52 Å². The maximum atomic E-state index is 5.13. The maximum absolute atomic E-state index is 5.13. The normalized spacial score (nSPS) is 12.6. The number of pyridine rings is 1. The van der Waals surface area contributed by atoms with Gasteiger partial charge < -0.3 is 9.84 Å². The van der Waals surface area contributed by atoms with Crippen molar-refractivity contribution in [1.82, 2.24) is 15.5 Å². The molecule has 17 heavy (non-hydrogen) atoms. The van der Waals surface area contributed by atoms with E-state index in [-0.39, 0.29) is 6.04 Å². The third kappa shape index (κ3) is 2.71. The summed E-state index contributed by atoms with van der Waals surface area (Å²) >= 11 is 0. The molecule has 4 heteroatoms. The molecule has 0 radical (unpaired) electrons. The predicted molar refractivity (Wildman–Crippen MR) is 65.5 cm³/mol. The molecule has 4 nitrogen and oxygen atoms in total. The molecular formula is C13H17N3O. The molecule has 2 aromatic heterocycles. The first kappa shape index (κ1) is 11.8. The Kier molecular flexibility index (Phi) is 3.54. The van der Waals surface area contributed by atoms with E-state index in [0.717, 1.165) is 23.6 Å². The average molecular weight is 231 g/mol. The summed E-state index contributed by atoms with van der Waals surface area (Å²) < 4.78 is 5.13. The molecular weight excluding hydrogens is 214 g/mol. The molecule has 0 aromatic carbocycles. The standard InChI is InChI=1S/C13H17N3O/c1-9(12-4-6-14-7-5-12)15-8-13-10(2)16-17-11(13)3/h4-7,9,15H,8H2,1-3H3. The van der Waals surface area contributed by atoms with Crippen LogP contribution in [0.2, 0.25) is 0 Å². The third-order valence-electron chi connectivity index (χ3n) is 2.97. The van der Waals surface area contributed by atoms with Crippen molar-refractivity contribution in [3.63, 3.8) is 0 Å². The molecule has 0 amide bonds. The largest absolute Gasteiger partial charge is 0.361 e. The lowest BCUT2D eigenvalue weighted by molar-refractivity contribution is 0.391. The highest BCUT2D eigenvalue weighted by atomic mass is 16.5. The number of hydrogen-bond acceptors (Lipinski definition) is 4. The van der Waals surface area contributed by atoms with Crippen LogP contribution in [0, 0.1) is 13.8 Å². The highest BCUT2D eigenvalue weighted by molar-refractivity contribution is 5.21. The maximum Gasteiger partial charge on any atom is 0.138 e. The molecule has 1 unspecified atom stereocenters. The molecule has 0 saturated carbocycles. The first-order valence-electron chi connectivity index (χ1n) is 5.73. The van der Waals surface area contributed by atoms with E-state index >= 15 is 0 Å². The Balaban J connectivity index is 1.99. The van der Waals surface area contributed by atoms with Gasteiger partial charge in [0.05, 0.1) is 5.69 Å². The van der Waals surface area contributed by atoms with Gasteiger partial charge in [-0.15, -0.1) is 0 Å². The zero-order chi connectivity index (χ0) is 12.3. The van der Waals surface area contributed by atoms with Crippen molar-refractivity contribution in [2.75, 3.05) is 0 Å². The topological polar surface area (TPSA) is 51.0 Å². The van der Waals surface area contributed by atoms with E-state index in [1.165, 1.54) is 5.56 Å². The van der Waals surface area contributed by atoms with Gasteiger partial charge in [-0.05, 0) is 38.5 Å². The summed E-state index contributed by atoms with van der Waals surface area (Å²) in [7, 11) is 0. The first-order chi connectivity index (χ1) is 8.18. The van der Waals surface area contributed by atoms with Gasteiger partial charge in [0, 0.05) is 30.5 Å². The Bertz CT molecular complexity index is 459. The smallest absolute Gasteiger partial charge is 0.138 e. The van der Waals surface area contributed by atoms with Gasteiger partial charge in [0.15, 0.2) is 0 Å². The van der Waals surface area contributed by atoms with Crippen LogP contribution in [0.25, 0.3) is 0 Å². The van der Waals surface area contributed by atoms with E-state index in [1.807, 2.05) is 38.4 Å². The number of hydrogen-bond donors (Lipinski definition) is 1. The Hall–Kier alpha value is -1.68. The minimum absolute atomic E-state index is 0.284. The second kappa shape index (κ2) is 5.10. The molecule has 2 rings (SSSR count). The summed E-state index contributed by atoms with van der Waals surface area (Å²) in [5.74, 6) is 0.886. The lowest BCUT2D eigenvalue weighted by atomic mass is 10.1. The summed E-state index contributed by atoms with van der Waals surface area (Å²) in [6.07, 6.45) is 3.62. The summed E-state index contributed by atoms with van der Waals surface area (Å²) in [4.78, 5) is 4.01. The molecule has 0 fully saturated rings. The fraction of sp³-hybridized carbons (Fsp3) is 0.385. The monoisotopic (exact) mass is 231 g/mol. The Morgan fingerprint density at radius 2 is 2.00 bits per heavy atom. The summed E-state index contributed by atoms with van der Waals surface area (Å²) in [5, 5.41) is 7.40. The molecule has 0 saturated heterocycles. The Labute approximate surface area is 101 Å². The molecule has 1 atom stereocenters. The lowest BCUT2D eigenvalue weighted by Gasteiger charge is -2.13. The summed E-state index contributed by atoms with van der Waals surface area (Å²) in [5.41, 5.74) is 3.33. The third-order valence-corrected chi connectivity index (χ3v) is 2.97. The number of aryl methyl sites for hydroxylation is 2. The van der Waals surface area contributed by atoms with Crippen LogP contribution in [-0.2, 0) is 6.54 Å². The van der Waals surface area contributed by atoms with Gasteiger partial charge in [-0.1, -0.05) is 5.16 Å². The van der Waals surface area contributed by atoms with Crippen LogP contribution in [-0.4, -0.2) is 10.1 Å². The Morgan fingerprint density at radius 3 is 2.59 bits per heavy atom. The van der Waals surface area contributed by atoms with Crippen molar-refractivity contribution in [3.8, 4) is 0 Å². The van der Waals surface area contributed by atoms with Crippen LogP contribution in [0.4, 0.5) is 0 Å². The van der Waals surface area contributed by atoms with Crippen molar-refractivity contribution >= 4 is 0 Å². The molecule has 0 aliphatic carbocycles. The van der Waals surface area contributed by atoms with Gasteiger partial charge >= 0.3 is 0 Å². The second-order valence-electron chi connectivity index (χ2n) is 4.19. The van der Waals surface area contributed by atoms with Crippen LogP contribution in [0.3, 0.4) is 0 Å². The number of rotatable bonds is 4. The van der Waals surface area contributed by atoms with Crippen LogP contribution in [0.5, 0.6) is 0 Å². The van der Waals surface area contributed by atoms with Gasteiger partial charge in [-0.2, -0.15) is 0 Å². The van der Waals surface area contributed by atoms with Gasteiger partial charge in [-0.25, -0.2) is 0 Å².